The lowest BCUT2D eigenvalue weighted by Crippen LogP contribution is -2.17. The molecule has 0 aliphatic heterocycles. The Bertz CT molecular complexity index is 1310. The minimum Gasteiger partial charge on any atom is -0.325 e. The molecule has 1 aliphatic rings. The van der Waals surface area contributed by atoms with Crippen molar-refractivity contribution in [3.05, 3.63) is 65.7 Å². The highest BCUT2D eigenvalue weighted by Gasteiger charge is 2.38. The summed E-state index contributed by atoms with van der Waals surface area (Å²) >= 11 is 0. The molecule has 0 unspecified atom stereocenters. The Hall–Kier alpha value is -3.25. The van der Waals surface area contributed by atoms with Gasteiger partial charge in [0.1, 0.15) is 11.6 Å². The number of rotatable bonds is 6. The number of hydrogen-bond donors (Lipinski definition) is 2. The number of carbonyl (C=O) groups excluding carboxylic acids is 1. The van der Waals surface area contributed by atoms with Crippen LogP contribution in [0.15, 0.2) is 53.8 Å². The first-order chi connectivity index (χ1) is 15.5. The second kappa shape index (κ2) is 9.55. The van der Waals surface area contributed by atoms with E-state index < -0.39 is 32.7 Å². The van der Waals surface area contributed by atoms with Crippen LogP contribution in [0, 0.1) is 6.92 Å². The summed E-state index contributed by atoms with van der Waals surface area (Å²) < 4.78 is 63.5. The number of nitrogens with one attached hydrogen (secondary N) is 2. The predicted molar refractivity (Wildman–Crippen MR) is 121 cm³/mol. The zero-order chi connectivity index (χ0) is 23.8. The van der Waals surface area contributed by atoms with E-state index in [1.807, 2.05) is 0 Å². The lowest BCUT2D eigenvalue weighted by Gasteiger charge is -2.12. The minimum atomic E-state index is -4.50. The fourth-order valence-corrected chi connectivity index (χ4v) is 4.88. The van der Waals surface area contributed by atoms with Gasteiger partial charge in [-0.1, -0.05) is 0 Å². The van der Waals surface area contributed by atoms with Crippen molar-refractivity contribution in [2.75, 3.05) is 10.6 Å². The van der Waals surface area contributed by atoms with Crippen molar-refractivity contribution < 1.29 is 26.4 Å². The molecule has 180 valence electrons. The van der Waals surface area contributed by atoms with E-state index in [1.165, 1.54) is 30.6 Å². The van der Waals surface area contributed by atoms with E-state index in [0.717, 1.165) is 12.1 Å². The molecular weight excluding hydrogens is 495 g/mol. The average Bonchev–Trinajstić information content (AvgIpc) is 3.61. The van der Waals surface area contributed by atoms with Crippen molar-refractivity contribution in [3.8, 4) is 0 Å². The first-order valence-electron chi connectivity index (χ1n) is 9.82. The number of aryl methyl sites for hydroxylation is 1. The Labute approximate surface area is 199 Å². The smallest absolute Gasteiger partial charge is 0.325 e. The molecule has 0 bridgehead atoms. The Morgan fingerprint density at radius 1 is 1.03 bits per heavy atom. The Kier molecular flexibility index (Phi) is 7.13. The number of hydrogen-bond acceptors (Lipinski definition) is 7. The number of halogens is 4. The molecule has 0 radical (unpaired) electrons. The van der Waals surface area contributed by atoms with Gasteiger partial charge in [0, 0.05) is 23.7 Å². The Morgan fingerprint density at radius 2 is 1.76 bits per heavy atom. The van der Waals surface area contributed by atoms with Crippen LogP contribution in [0.1, 0.15) is 34.5 Å². The predicted octanol–water partition coefficient (Wildman–Crippen LogP) is 4.55. The van der Waals surface area contributed by atoms with Crippen LogP contribution in [0.25, 0.3) is 0 Å². The molecule has 4 rings (SSSR count). The van der Waals surface area contributed by atoms with Crippen LogP contribution in [-0.2, 0) is 16.0 Å². The van der Waals surface area contributed by atoms with Crippen LogP contribution in [0.3, 0.4) is 0 Å². The number of carbonyl (C=O) groups is 1. The summed E-state index contributed by atoms with van der Waals surface area (Å²) in [5.41, 5.74) is -0.160. The van der Waals surface area contributed by atoms with Crippen LogP contribution in [0.2, 0.25) is 0 Å². The standard InChI is InChI=1S/C21H18F3N5O3S.ClH/c1-12-8-17(33(31,32)15-3-4-15)16(11-26-12)28-20(30)13-6-7-25-19(9-13)29-18-5-2-14(10-27-18)21(22,23)24;/h2,5-11,15H,3-4H2,1H3,(H,28,30)(H,25,27,29);1H. The molecule has 1 amide bonds. The van der Waals surface area contributed by atoms with Gasteiger partial charge in [-0.25, -0.2) is 18.4 Å². The maximum Gasteiger partial charge on any atom is 0.417 e. The molecule has 3 heterocycles. The van der Waals surface area contributed by atoms with Gasteiger partial charge in [-0.2, -0.15) is 13.2 Å². The van der Waals surface area contributed by atoms with E-state index in [9.17, 15) is 26.4 Å². The number of amides is 1. The van der Waals surface area contributed by atoms with E-state index in [0.29, 0.717) is 24.7 Å². The van der Waals surface area contributed by atoms with Crippen molar-refractivity contribution in [1.29, 1.82) is 0 Å². The van der Waals surface area contributed by atoms with E-state index in [2.05, 4.69) is 25.6 Å². The molecule has 0 aromatic carbocycles. The van der Waals surface area contributed by atoms with Crippen molar-refractivity contribution in [3.63, 3.8) is 0 Å². The molecule has 1 saturated carbocycles. The number of pyridine rings is 3. The summed E-state index contributed by atoms with van der Waals surface area (Å²) in [6, 6.07) is 6.23. The van der Waals surface area contributed by atoms with Crippen LogP contribution in [0.4, 0.5) is 30.5 Å². The van der Waals surface area contributed by atoms with Crippen molar-refractivity contribution in [2.24, 2.45) is 0 Å². The second-order valence-corrected chi connectivity index (χ2v) is 9.70. The zero-order valence-electron chi connectivity index (χ0n) is 17.6. The quantitative estimate of drug-likeness (QED) is 0.497. The lowest BCUT2D eigenvalue weighted by atomic mass is 10.2. The Balaban J connectivity index is 0.00000324. The highest BCUT2D eigenvalue weighted by Crippen LogP contribution is 2.36. The van der Waals surface area contributed by atoms with E-state index in [4.69, 9.17) is 0 Å². The third-order valence-corrected chi connectivity index (χ3v) is 7.19. The molecule has 34 heavy (non-hydrogen) atoms. The van der Waals surface area contributed by atoms with Gasteiger partial charge < -0.3 is 10.6 Å². The normalized spacial score (nSPS) is 13.6. The number of alkyl halides is 3. The minimum absolute atomic E-state index is 0. The van der Waals surface area contributed by atoms with Crippen LogP contribution in [-0.4, -0.2) is 34.5 Å². The molecule has 1 fully saturated rings. The maximum atomic E-state index is 12.8. The zero-order valence-corrected chi connectivity index (χ0v) is 19.3. The molecule has 0 saturated heterocycles. The highest BCUT2D eigenvalue weighted by molar-refractivity contribution is 7.92. The van der Waals surface area contributed by atoms with Crippen molar-refractivity contribution >= 4 is 45.5 Å². The van der Waals surface area contributed by atoms with Gasteiger partial charge >= 0.3 is 6.18 Å². The van der Waals surface area contributed by atoms with Gasteiger partial charge in [0.05, 0.1) is 27.6 Å². The lowest BCUT2D eigenvalue weighted by molar-refractivity contribution is -0.137. The first-order valence-corrected chi connectivity index (χ1v) is 11.4. The number of aromatic nitrogens is 3. The SMILES string of the molecule is Cc1cc(S(=O)(=O)C2CC2)c(NC(=O)c2ccnc(Nc3ccc(C(F)(F)F)cn3)c2)cn1.Cl. The fourth-order valence-electron chi connectivity index (χ4n) is 3.02. The summed E-state index contributed by atoms with van der Waals surface area (Å²) in [7, 11) is -3.58. The average molecular weight is 514 g/mol. The molecule has 1 aliphatic carbocycles. The van der Waals surface area contributed by atoms with Gasteiger partial charge in [0.15, 0.2) is 9.84 Å². The molecule has 0 spiro atoms. The van der Waals surface area contributed by atoms with Crippen LogP contribution >= 0.6 is 12.4 Å². The third-order valence-electron chi connectivity index (χ3n) is 4.89. The second-order valence-electron chi connectivity index (χ2n) is 7.50. The summed E-state index contributed by atoms with van der Waals surface area (Å²) in [4.78, 5) is 24.6. The molecule has 0 atom stereocenters. The number of sulfone groups is 1. The molecule has 8 nitrogen and oxygen atoms in total. The summed E-state index contributed by atoms with van der Waals surface area (Å²) in [5.74, 6) is -0.324. The van der Waals surface area contributed by atoms with Gasteiger partial charge in [-0.3, -0.25) is 9.78 Å². The number of nitrogens with zero attached hydrogens (tertiary/aromatic N) is 3. The Morgan fingerprint density at radius 3 is 2.38 bits per heavy atom. The maximum absolute atomic E-state index is 12.8. The summed E-state index contributed by atoms with van der Waals surface area (Å²) in [5, 5.41) is 4.86. The number of anilines is 3. The summed E-state index contributed by atoms with van der Waals surface area (Å²) in [6.45, 7) is 1.66. The van der Waals surface area contributed by atoms with Gasteiger partial charge in [-0.15, -0.1) is 12.4 Å². The van der Waals surface area contributed by atoms with Crippen LogP contribution < -0.4 is 10.6 Å². The van der Waals surface area contributed by atoms with E-state index in [-0.39, 0.29) is 40.2 Å². The monoisotopic (exact) mass is 513 g/mol. The molecule has 2 N–H and O–H groups in total. The van der Waals surface area contributed by atoms with E-state index in [1.54, 1.807) is 6.92 Å². The van der Waals surface area contributed by atoms with Gasteiger partial charge in [0.25, 0.3) is 5.91 Å². The van der Waals surface area contributed by atoms with Crippen molar-refractivity contribution in [1.82, 2.24) is 15.0 Å². The van der Waals surface area contributed by atoms with Gasteiger partial charge in [0.2, 0.25) is 0 Å². The first kappa shape index (κ1) is 25.4. The third kappa shape index (κ3) is 5.62. The summed E-state index contributed by atoms with van der Waals surface area (Å²) in [6.07, 6.45) is -0.0297. The molecule has 3 aromatic heterocycles. The fraction of sp³-hybridized carbons (Fsp3) is 0.238. The molecule has 3 aromatic rings. The van der Waals surface area contributed by atoms with E-state index >= 15 is 0 Å². The molecular formula is C21H19ClF3N5O3S. The topological polar surface area (TPSA) is 114 Å². The molecule has 13 heteroatoms. The highest BCUT2D eigenvalue weighted by atomic mass is 35.5. The van der Waals surface area contributed by atoms with Crippen molar-refractivity contribution in [2.45, 2.75) is 36.1 Å². The largest absolute Gasteiger partial charge is 0.417 e. The van der Waals surface area contributed by atoms with Gasteiger partial charge in [-0.05, 0) is 50.1 Å². The van der Waals surface area contributed by atoms with Crippen LogP contribution in [0.5, 0.6) is 0 Å².